The molecule has 2 fully saturated rings. The van der Waals surface area contributed by atoms with Gasteiger partial charge in [-0.2, -0.15) is 0 Å². The molecule has 1 amide bonds. The number of carbonyl (C=O) groups excluding carboxylic acids is 1. The maximum absolute atomic E-state index is 13.2. The fraction of sp³-hybridized carbons (Fsp3) is 0.833. The van der Waals surface area contributed by atoms with Gasteiger partial charge in [0.15, 0.2) is 0 Å². The van der Waals surface area contributed by atoms with Crippen LogP contribution < -0.4 is 0 Å². The van der Waals surface area contributed by atoms with E-state index in [9.17, 15) is 14.0 Å². The molecule has 1 aliphatic carbocycles. The first-order valence-corrected chi connectivity index (χ1v) is 6.23. The Morgan fingerprint density at radius 1 is 1.18 bits per heavy atom. The predicted octanol–water partition coefficient (Wildman–Crippen LogP) is 1.45. The highest BCUT2D eigenvalue weighted by Crippen LogP contribution is 2.29. The zero-order valence-electron chi connectivity index (χ0n) is 9.77. The van der Waals surface area contributed by atoms with Crippen LogP contribution in [-0.4, -0.2) is 41.1 Å². The minimum Gasteiger partial charge on any atom is -0.481 e. The number of aliphatic carboxylic acids is 1. The van der Waals surface area contributed by atoms with Gasteiger partial charge >= 0.3 is 5.97 Å². The Hall–Kier alpha value is -1.13. The maximum Gasteiger partial charge on any atom is 0.308 e. The summed E-state index contributed by atoms with van der Waals surface area (Å²) in [5, 5.41) is 8.87. The number of likely N-dealkylation sites (tertiary alicyclic amines) is 1. The Bertz CT molecular complexity index is 321. The first-order chi connectivity index (χ1) is 8.08. The lowest BCUT2D eigenvalue weighted by Gasteiger charge is -2.27. The average Bonchev–Trinajstić information content (AvgIpc) is 2.77. The van der Waals surface area contributed by atoms with Gasteiger partial charge in [-0.1, -0.05) is 0 Å². The summed E-state index contributed by atoms with van der Waals surface area (Å²) in [6.07, 6.45) is 2.03. The van der Waals surface area contributed by atoms with Gasteiger partial charge in [0.05, 0.1) is 5.92 Å². The summed E-state index contributed by atoms with van der Waals surface area (Å²) >= 11 is 0. The van der Waals surface area contributed by atoms with Gasteiger partial charge in [-0.15, -0.1) is 0 Å². The molecule has 0 aromatic rings. The third-order valence-electron chi connectivity index (χ3n) is 3.81. The van der Waals surface area contributed by atoms with E-state index in [4.69, 9.17) is 5.11 Å². The van der Waals surface area contributed by atoms with Crippen molar-refractivity contribution in [2.45, 2.75) is 38.3 Å². The molecule has 2 rings (SSSR count). The second kappa shape index (κ2) is 5.02. The number of amides is 1. The fourth-order valence-electron chi connectivity index (χ4n) is 2.77. The van der Waals surface area contributed by atoms with Crippen molar-refractivity contribution in [3.05, 3.63) is 0 Å². The van der Waals surface area contributed by atoms with Gasteiger partial charge in [-0.3, -0.25) is 9.59 Å². The number of carboxylic acid groups (broad SMARTS) is 1. The van der Waals surface area contributed by atoms with Gasteiger partial charge in [0.25, 0.3) is 0 Å². The number of alkyl halides is 1. The van der Waals surface area contributed by atoms with Crippen LogP contribution in [0.25, 0.3) is 0 Å². The van der Waals surface area contributed by atoms with Crippen LogP contribution in [0.3, 0.4) is 0 Å². The first-order valence-electron chi connectivity index (χ1n) is 6.23. The molecule has 1 heterocycles. The van der Waals surface area contributed by atoms with Crippen molar-refractivity contribution in [2.75, 3.05) is 13.1 Å². The molecule has 1 aliphatic heterocycles. The molecule has 17 heavy (non-hydrogen) atoms. The van der Waals surface area contributed by atoms with E-state index in [2.05, 4.69) is 0 Å². The van der Waals surface area contributed by atoms with Crippen LogP contribution in [0, 0.1) is 11.8 Å². The molecular formula is C12H18FNO3. The van der Waals surface area contributed by atoms with Gasteiger partial charge in [0.2, 0.25) is 5.91 Å². The molecule has 1 N–H and O–H groups in total. The van der Waals surface area contributed by atoms with Crippen molar-refractivity contribution in [3.63, 3.8) is 0 Å². The SMILES string of the molecule is O=C(O)C1CCN(C(=O)C2CCCC(F)C2)C1. The van der Waals surface area contributed by atoms with Gasteiger partial charge < -0.3 is 10.0 Å². The van der Waals surface area contributed by atoms with E-state index in [0.717, 1.165) is 12.8 Å². The van der Waals surface area contributed by atoms with E-state index in [0.29, 0.717) is 32.4 Å². The van der Waals surface area contributed by atoms with Crippen LogP contribution in [0.1, 0.15) is 32.1 Å². The second-order valence-electron chi connectivity index (χ2n) is 5.07. The zero-order chi connectivity index (χ0) is 12.4. The molecule has 96 valence electrons. The minimum atomic E-state index is -0.865. The Morgan fingerprint density at radius 3 is 2.53 bits per heavy atom. The molecule has 0 spiro atoms. The smallest absolute Gasteiger partial charge is 0.308 e. The topological polar surface area (TPSA) is 57.6 Å². The number of rotatable bonds is 2. The molecule has 3 atom stereocenters. The minimum absolute atomic E-state index is 0.0453. The highest BCUT2D eigenvalue weighted by Gasteiger charge is 2.35. The third kappa shape index (κ3) is 2.76. The quantitative estimate of drug-likeness (QED) is 0.798. The number of hydrogen-bond donors (Lipinski definition) is 1. The lowest BCUT2D eigenvalue weighted by Crippen LogP contribution is -2.37. The third-order valence-corrected chi connectivity index (χ3v) is 3.81. The van der Waals surface area contributed by atoms with Crippen LogP contribution in [-0.2, 0) is 9.59 Å². The Balaban J connectivity index is 1.90. The summed E-state index contributed by atoms with van der Waals surface area (Å²) in [6, 6.07) is 0. The van der Waals surface area contributed by atoms with Gasteiger partial charge in [-0.05, 0) is 32.1 Å². The van der Waals surface area contributed by atoms with E-state index in [1.165, 1.54) is 0 Å². The molecule has 0 aromatic carbocycles. The van der Waals surface area contributed by atoms with Crippen LogP contribution in [0.4, 0.5) is 4.39 Å². The van der Waals surface area contributed by atoms with Gasteiger partial charge in [0, 0.05) is 19.0 Å². The molecule has 5 heteroatoms. The molecule has 2 aliphatic rings. The standard InChI is InChI=1S/C12H18FNO3/c13-10-3-1-2-8(6-10)11(15)14-5-4-9(7-14)12(16)17/h8-10H,1-7H2,(H,16,17). The number of carboxylic acids is 1. The van der Waals surface area contributed by atoms with E-state index in [-0.39, 0.29) is 11.8 Å². The Kier molecular flexibility index (Phi) is 3.64. The highest BCUT2D eigenvalue weighted by molar-refractivity contribution is 5.80. The van der Waals surface area contributed by atoms with E-state index < -0.39 is 18.1 Å². The average molecular weight is 243 g/mol. The summed E-state index contributed by atoms with van der Waals surface area (Å²) in [5.74, 6) is -1.56. The van der Waals surface area contributed by atoms with E-state index in [1.807, 2.05) is 0 Å². The highest BCUT2D eigenvalue weighted by atomic mass is 19.1. The molecule has 0 bridgehead atoms. The Morgan fingerprint density at radius 2 is 1.94 bits per heavy atom. The predicted molar refractivity (Wildman–Crippen MR) is 59.2 cm³/mol. The summed E-state index contributed by atoms with van der Waals surface area (Å²) in [6.45, 7) is 0.796. The fourth-order valence-corrected chi connectivity index (χ4v) is 2.77. The van der Waals surface area contributed by atoms with Gasteiger partial charge in [-0.25, -0.2) is 4.39 Å². The van der Waals surface area contributed by atoms with Crippen molar-refractivity contribution in [1.82, 2.24) is 4.90 Å². The first kappa shape index (κ1) is 12.3. The van der Waals surface area contributed by atoms with Crippen molar-refractivity contribution < 1.29 is 19.1 Å². The summed E-state index contributed by atoms with van der Waals surface area (Å²) in [7, 11) is 0. The molecule has 0 radical (unpaired) electrons. The van der Waals surface area contributed by atoms with E-state index >= 15 is 0 Å². The maximum atomic E-state index is 13.2. The zero-order valence-corrected chi connectivity index (χ0v) is 9.77. The van der Waals surface area contributed by atoms with Gasteiger partial charge in [0.1, 0.15) is 6.17 Å². The molecular weight excluding hydrogens is 225 g/mol. The number of nitrogens with zero attached hydrogens (tertiary/aromatic N) is 1. The molecule has 0 aromatic heterocycles. The summed E-state index contributed by atoms with van der Waals surface area (Å²) in [5.41, 5.74) is 0. The Labute approximate surface area is 99.8 Å². The van der Waals surface area contributed by atoms with Crippen LogP contribution in [0.5, 0.6) is 0 Å². The molecule has 4 nitrogen and oxygen atoms in total. The van der Waals surface area contributed by atoms with Crippen molar-refractivity contribution in [2.24, 2.45) is 11.8 Å². The number of hydrogen-bond acceptors (Lipinski definition) is 2. The normalized spacial score (nSPS) is 33.7. The summed E-state index contributed by atoms with van der Waals surface area (Å²) in [4.78, 5) is 24.5. The van der Waals surface area contributed by atoms with Crippen LogP contribution >= 0.6 is 0 Å². The second-order valence-corrected chi connectivity index (χ2v) is 5.07. The van der Waals surface area contributed by atoms with Crippen LogP contribution in [0.2, 0.25) is 0 Å². The number of halogens is 1. The van der Waals surface area contributed by atoms with E-state index in [1.54, 1.807) is 4.90 Å². The van der Waals surface area contributed by atoms with Crippen molar-refractivity contribution in [1.29, 1.82) is 0 Å². The lowest BCUT2D eigenvalue weighted by atomic mass is 9.87. The largest absolute Gasteiger partial charge is 0.481 e. The summed E-state index contributed by atoms with van der Waals surface area (Å²) < 4.78 is 13.2. The monoisotopic (exact) mass is 243 g/mol. The van der Waals surface area contributed by atoms with Crippen molar-refractivity contribution in [3.8, 4) is 0 Å². The molecule has 1 saturated carbocycles. The molecule has 1 saturated heterocycles. The van der Waals surface area contributed by atoms with Crippen molar-refractivity contribution >= 4 is 11.9 Å². The molecule has 3 unspecified atom stereocenters. The van der Waals surface area contributed by atoms with Crippen LogP contribution in [0.15, 0.2) is 0 Å². The lowest BCUT2D eigenvalue weighted by molar-refractivity contribution is -0.142. The number of carbonyl (C=O) groups is 2.